The van der Waals surface area contributed by atoms with Crippen molar-refractivity contribution in [1.82, 2.24) is 10.3 Å². The van der Waals surface area contributed by atoms with E-state index in [0.717, 1.165) is 42.6 Å². The van der Waals surface area contributed by atoms with Crippen LogP contribution in [0.4, 0.5) is 0 Å². The van der Waals surface area contributed by atoms with Crippen LogP contribution in [0, 0.1) is 5.92 Å². The quantitative estimate of drug-likeness (QED) is 0.876. The Kier molecular flexibility index (Phi) is 2.77. The van der Waals surface area contributed by atoms with E-state index in [1.54, 1.807) is 0 Å². The summed E-state index contributed by atoms with van der Waals surface area (Å²) in [5.74, 6) is 0.541. The van der Waals surface area contributed by atoms with Gasteiger partial charge in [0.05, 0.1) is 0 Å². The van der Waals surface area contributed by atoms with E-state index in [1.165, 1.54) is 16.6 Å². The predicted molar refractivity (Wildman–Crippen MR) is 80.0 cm³/mol. The average Bonchev–Trinajstić information content (AvgIpc) is 3.21. The van der Waals surface area contributed by atoms with E-state index in [9.17, 15) is 4.79 Å². The molecule has 4 rings (SSSR count). The summed E-state index contributed by atoms with van der Waals surface area (Å²) >= 11 is 6.04. The molecule has 1 heterocycles. The van der Waals surface area contributed by atoms with Crippen molar-refractivity contribution in [3.8, 4) is 0 Å². The highest BCUT2D eigenvalue weighted by atomic mass is 35.5. The van der Waals surface area contributed by atoms with E-state index in [0.29, 0.717) is 0 Å². The van der Waals surface area contributed by atoms with Crippen molar-refractivity contribution >= 4 is 28.4 Å². The van der Waals surface area contributed by atoms with Crippen LogP contribution in [-0.4, -0.2) is 16.9 Å². The van der Waals surface area contributed by atoms with Crippen molar-refractivity contribution in [3.05, 3.63) is 34.5 Å². The van der Waals surface area contributed by atoms with Gasteiger partial charge < -0.3 is 10.3 Å². The van der Waals surface area contributed by atoms with Gasteiger partial charge in [-0.3, -0.25) is 4.79 Å². The molecule has 2 aliphatic carbocycles. The molecular formula is C16H17ClN2O. The van der Waals surface area contributed by atoms with Gasteiger partial charge in [0.1, 0.15) is 0 Å². The molecule has 1 saturated carbocycles. The van der Waals surface area contributed by atoms with Crippen LogP contribution in [-0.2, 0) is 17.6 Å². The summed E-state index contributed by atoms with van der Waals surface area (Å²) < 4.78 is 0. The molecule has 0 saturated heterocycles. The zero-order chi connectivity index (χ0) is 13.7. The number of nitrogens with one attached hydrogen (secondary N) is 2. The van der Waals surface area contributed by atoms with Crippen molar-refractivity contribution in [2.24, 2.45) is 5.92 Å². The Balaban J connectivity index is 1.61. The lowest BCUT2D eigenvalue weighted by molar-refractivity contribution is -0.123. The van der Waals surface area contributed by atoms with Crippen molar-refractivity contribution in [2.45, 2.75) is 38.1 Å². The monoisotopic (exact) mass is 288 g/mol. The number of aromatic nitrogens is 1. The lowest BCUT2D eigenvalue weighted by atomic mass is 9.91. The number of aromatic amines is 1. The number of H-pyrrole nitrogens is 1. The number of halogens is 1. The normalized spacial score (nSPS) is 21.8. The SMILES string of the molecule is O=C(NC1CCc2[nH]c3cc(Cl)ccc3c2C1)C1CC1. The van der Waals surface area contributed by atoms with Gasteiger partial charge in [0.2, 0.25) is 5.91 Å². The molecule has 0 radical (unpaired) electrons. The van der Waals surface area contributed by atoms with E-state index in [2.05, 4.69) is 16.4 Å². The number of benzene rings is 1. The maximum atomic E-state index is 11.9. The third-order valence-corrected chi connectivity index (χ3v) is 4.68. The van der Waals surface area contributed by atoms with Crippen molar-refractivity contribution in [1.29, 1.82) is 0 Å². The highest BCUT2D eigenvalue weighted by molar-refractivity contribution is 6.31. The number of amides is 1. The summed E-state index contributed by atoms with van der Waals surface area (Å²) in [6.45, 7) is 0. The van der Waals surface area contributed by atoms with E-state index in [-0.39, 0.29) is 17.9 Å². The van der Waals surface area contributed by atoms with Crippen LogP contribution in [0.5, 0.6) is 0 Å². The van der Waals surface area contributed by atoms with Crippen LogP contribution in [0.2, 0.25) is 5.02 Å². The fourth-order valence-electron chi connectivity index (χ4n) is 3.18. The predicted octanol–water partition coefficient (Wildman–Crippen LogP) is 3.20. The van der Waals surface area contributed by atoms with Crippen LogP contribution >= 0.6 is 11.6 Å². The van der Waals surface area contributed by atoms with E-state index in [4.69, 9.17) is 11.6 Å². The fourth-order valence-corrected chi connectivity index (χ4v) is 3.36. The Morgan fingerprint density at radius 3 is 2.95 bits per heavy atom. The first kappa shape index (κ1) is 12.3. The minimum absolute atomic E-state index is 0.251. The molecule has 1 aromatic heterocycles. The number of carbonyl (C=O) groups excluding carboxylic acids is 1. The molecule has 0 spiro atoms. The van der Waals surface area contributed by atoms with E-state index >= 15 is 0 Å². The third-order valence-electron chi connectivity index (χ3n) is 4.44. The number of aryl methyl sites for hydroxylation is 1. The van der Waals surface area contributed by atoms with E-state index in [1.807, 2.05) is 12.1 Å². The van der Waals surface area contributed by atoms with Gasteiger partial charge in [-0.2, -0.15) is 0 Å². The molecule has 2 N–H and O–H groups in total. The standard InChI is InChI=1S/C16H17ClN2O/c17-10-3-5-12-13-8-11(18-16(20)9-1-2-9)4-6-14(13)19-15(12)7-10/h3,5,7,9,11,19H,1-2,4,6,8H2,(H,18,20). The maximum Gasteiger partial charge on any atom is 0.223 e. The number of carbonyl (C=O) groups is 1. The molecule has 3 nitrogen and oxygen atoms in total. The highest BCUT2D eigenvalue weighted by Gasteiger charge is 2.32. The highest BCUT2D eigenvalue weighted by Crippen LogP contribution is 2.32. The lowest BCUT2D eigenvalue weighted by Crippen LogP contribution is -2.39. The summed E-state index contributed by atoms with van der Waals surface area (Å²) in [5, 5.41) is 5.21. The molecule has 104 valence electrons. The van der Waals surface area contributed by atoms with Crippen molar-refractivity contribution in [3.63, 3.8) is 0 Å². The summed E-state index contributed by atoms with van der Waals surface area (Å²) in [6.07, 6.45) is 5.07. The zero-order valence-corrected chi connectivity index (χ0v) is 12.0. The van der Waals surface area contributed by atoms with E-state index < -0.39 is 0 Å². The van der Waals surface area contributed by atoms with Crippen LogP contribution in [0.25, 0.3) is 10.9 Å². The van der Waals surface area contributed by atoms with Gasteiger partial charge in [-0.15, -0.1) is 0 Å². The second-order valence-electron chi connectivity index (χ2n) is 5.99. The first-order valence-electron chi connectivity index (χ1n) is 7.30. The maximum absolute atomic E-state index is 11.9. The molecule has 1 aromatic carbocycles. The topological polar surface area (TPSA) is 44.9 Å². The fraction of sp³-hybridized carbons (Fsp3) is 0.438. The minimum atomic E-state index is 0.251. The van der Waals surface area contributed by atoms with Gasteiger partial charge >= 0.3 is 0 Å². The molecule has 1 fully saturated rings. The summed E-state index contributed by atoms with van der Waals surface area (Å²) in [4.78, 5) is 15.4. The third kappa shape index (κ3) is 2.10. The van der Waals surface area contributed by atoms with Gasteiger partial charge in [0.25, 0.3) is 0 Å². The Morgan fingerprint density at radius 1 is 1.30 bits per heavy atom. The number of fused-ring (bicyclic) bond motifs is 3. The van der Waals surface area contributed by atoms with Gasteiger partial charge in [-0.25, -0.2) is 0 Å². The molecular weight excluding hydrogens is 272 g/mol. The van der Waals surface area contributed by atoms with Crippen LogP contribution in [0.15, 0.2) is 18.2 Å². The van der Waals surface area contributed by atoms with Crippen LogP contribution in [0.1, 0.15) is 30.5 Å². The second kappa shape index (κ2) is 4.52. The number of hydrogen-bond acceptors (Lipinski definition) is 1. The molecule has 1 atom stereocenters. The van der Waals surface area contributed by atoms with Gasteiger partial charge in [-0.05, 0) is 49.8 Å². The molecule has 0 aliphatic heterocycles. The average molecular weight is 289 g/mol. The van der Waals surface area contributed by atoms with Gasteiger partial charge in [0, 0.05) is 33.6 Å². The summed E-state index contributed by atoms with van der Waals surface area (Å²) in [7, 11) is 0. The Bertz CT molecular complexity index is 687. The molecule has 1 unspecified atom stereocenters. The molecule has 0 bridgehead atoms. The lowest BCUT2D eigenvalue weighted by Gasteiger charge is -2.23. The Hall–Kier alpha value is -1.48. The Morgan fingerprint density at radius 2 is 2.15 bits per heavy atom. The van der Waals surface area contributed by atoms with Crippen molar-refractivity contribution in [2.75, 3.05) is 0 Å². The molecule has 4 heteroatoms. The molecule has 2 aliphatic rings. The number of rotatable bonds is 2. The number of hydrogen-bond donors (Lipinski definition) is 2. The Labute approximate surface area is 122 Å². The van der Waals surface area contributed by atoms with Gasteiger partial charge in [-0.1, -0.05) is 17.7 Å². The minimum Gasteiger partial charge on any atom is -0.358 e. The van der Waals surface area contributed by atoms with Gasteiger partial charge in [0.15, 0.2) is 0 Å². The molecule has 2 aromatic rings. The smallest absolute Gasteiger partial charge is 0.223 e. The first-order chi connectivity index (χ1) is 9.70. The van der Waals surface area contributed by atoms with Crippen molar-refractivity contribution < 1.29 is 4.79 Å². The molecule has 20 heavy (non-hydrogen) atoms. The molecule has 1 amide bonds. The summed E-state index contributed by atoms with van der Waals surface area (Å²) in [5.41, 5.74) is 3.76. The zero-order valence-electron chi connectivity index (χ0n) is 11.2. The largest absolute Gasteiger partial charge is 0.358 e. The first-order valence-corrected chi connectivity index (χ1v) is 7.68. The second-order valence-corrected chi connectivity index (χ2v) is 6.43. The van der Waals surface area contributed by atoms with Crippen LogP contribution in [0.3, 0.4) is 0 Å². The summed E-state index contributed by atoms with van der Waals surface area (Å²) in [6, 6.07) is 6.28. The van der Waals surface area contributed by atoms with Crippen LogP contribution < -0.4 is 5.32 Å².